The summed E-state index contributed by atoms with van der Waals surface area (Å²) in [5, 5.41) is 12.7. The molecule has 0 aromatic heterocycles. The third-order valence-electron chi connectivity index (χ3n) is 4.06. The van der Waals surface area contributed by atoms with Crippen LogP contribution in [0.2, 0.25) is 5.02 Å². The predicted octanol–water partition coefficient (Wildman–Crippen LogP) is 1.93. The molecule has 5 nitrogen and oxygen atoms in total. The van der Waals surface area contributed by atoms with E-state index in [1.807, 2.05) is 0 Å². The van der Waals surface area contributed by atoms with Crippen LogP contribution in [0, 0.1) is 0 Å². The van der Waals surface area contributed by atoms with Crippen LogP contribution in [0.15, 0.2) is 18.2 Å². The van der Waals surface area contributed by atoms with Gasteiger partial charge in [-0.05, 0) is 37.6 Å². The number of aliphatic hydroxyl groups excluding tert-OH is 1. The molecule has 122 valence electrons. The number of carbonyl (C=O) groups excluding carboxylic acids is 1. The highest BCUT2D eigenvalue weighted by atomic mass is 35.5. The van der Waals surface area contributed by atoms with Crippen molar-refractivity contribution in [2.45, 2.75) is 25.3 Å². The van der Waals surface area contributed by atoms with E-state index in [9.17, 15) is 9.90 Å². The first kappa shape index (κ1) is 17.1. The molecule has 1 fully saturated rings. The van der Waals surface area contributed by atoms with E-state index in [1.165, 1.54) is 13.5 Å². The van der Waals surface area contributed by atoms with Gasteiger partial charge in [-0.1, -0.05) is 18.0 Å². The van der Waals surface area contributed by atoms with E-state index in [2.05, 4.69) is 10.2 Å². The molecule has 0 saturated carbocycles. The number of likely N-dealkylation sites (tertiary alicyclic amines) is 1. The fourth-order valence-corrected chi connectivity index (χ4v) is 3.04. The highest BCUT2D eigenvalue weighted by molar-refractivity contribution is 6.32. The van der Waals surface area contributed by atoms with Crippen molar-refractivity contribution in [2.75, 3.05) is 33.4 Å². The molecule has 1 aromatic carbocycles. The van der Waals surface area contributed by atoms with Crippen LogP contribution in [0.4, 0.5) is 0 Å². The number of nitrogens with zero attached hydrogens (tertiary/aromatic N) is 1. The summed E-state index contributed by atoms with van der Waals surface area (Å²) >= 11 is 6.03. The highest BCUT2D eigenvalue weighted by Gasteiger charge is 2.21. The summed E-state index contributed by atoms with van der Waals surface area (Å²) in [7, 11) is 1.54. The van der Waals surface area contributed by atoms with Crippen LogP contribution in [-0.4, -0.2) is 55.3 Å². The number of carbonyl (C=O) groups is 1. The summed E-state index contributed by atoms with van der Waals surface area (Å²) in [5.41, 5.74) is 0.517. The maximum Gasteiger partial charge on any atom is 0.251 e. The van der Waals surface area contributed by atoms with E-state index in [4.69, 9.17) is 16.3 Å². The third kappa shape index (κ3) is 4.35. The van der Waals surface area contributed by atoms with Crippen molar-refractivity contribution >= 4 is 17.5 Å². The molecule has 1 aliphatic rings. The molecule has 1 saturated heterocycles. The van der Waals surface area contributed by atoms with Gasteiger partial charge in [-0.3, -0.25) is 9.69 Å². The molecule has 1 amide bonds. The molecule has 1 atom stereocenters. The summed E-state index contributed by atoms with van der Waals surface area (Å²) in [6.45, 7) is 2.47. The van der Waals surface area contributed by atoms with Crippen LogP contribution in [0.1, 0.15) is 29.6 Å². The number of amides is 1. The van der Waals surface area contributed by atoms with Gasteiger partial charge in [0.05, 0.1) is 18.7 Å². The summed E-state index contributed by atoms with van der Waals surface area (Å²) in [5.74, 6) is 0.402. The van der Waals surface area contributed by atoms with Crippen molar-refractivity contribution in [3.8, 4) is 5.75 Å². The van der Waals surface area contributed by atoms with Gasteiger partial charge >= 0.3 is 0 Å². The second-order valence-electron chi connectivity index (χ2n) is 5.47. The average molecular weight is 327 g/mol. The Bertz CT molecular complexity index is 510. The zero-order chi connectivity index (χ0) is 15.9. The maximum atomic E-state index is 12.1. The fourth-order valence-electron chi connectivity index (χ4n) is 2.78. The number of aliphatic hydroxyl groups is 1. The lowest BCUT2D eigenvalue weighted by atomic mass is 10.0. The fraction of sp³-hybridized carbons (Fsp3) is 0.562. The Balaban J connectivity index is 1.83. The number of benzene rings is 1. The molecule has 0 spiro atoms. The molecule has 1 aliphatic heterocycles. The van der Waals surface area contributed by atoms with Crippen molar-refractivity contribution in [2.24, 2.45) is 0 Å². The summed E-state index contributed by atoms with van der Waals surface area (Å²) in [6, 6.07) is 5.20. The lowest BCUT2D eigenvalue weighted by Crippen LogP contribution is -2.45. The van der Waals surface area contributed by atoms with Gasteiger partial charge in [-0.25, -0.2) is 0 Å². The number of methoxy groups -OCH3 is 1. The number of ether oxygens (including phenoxy) is 1. The molecular formula is C16H23ClN2O3. The van der Waals surface area contributed by atoms with Gasteiger partial charge in [0.25, 0.3) is 5.91 Å². The van der Waals surface area contributed by atoms with Crippen molar-refractivity contribution in [1.82, 2.24) is 10.2 Å². The standard InChI is InChI=1S/C16H23ClN2O3/c1-22-15-6-5-12(10-14(15)17)16(21)18-7-9-19-8-3-2-4-13(19)11-20/h5-6,10,13,20H,2-4,7-9,11H2,1H3,(H,18,21)/t13-/m1/s1. The Morgan fingerprint density at radius 2 is 2.32 bits per heavy atom. The molecule has 22 heavy (non-hydrogen) atoms. The molecule has 2 N–H and O–H groups in total. The Morgan fingerprint density at radius 3 is 3.00 bits per heavy atom. The molecular weight excluding hydrogens is 304 g/mol. The largest absolute Gasteiger partial charge is 0.495 e. The van der Waals surface area contributed by atoms with Crippen LogP contribution in [0.3, 0.4) is 0 Å². The zero-order valence-corrected chi connectivity index (χ0v) is 13.6. The van der Waals surface area contributed by atoms with Crippen LogP contribution in [0.5, 0.6) is 5.75 Å². The SMILES string of the molecule is COc1ccc(C(=O)NCCN2CCCC[C@@H]2CO)cc1Cl. The van der Waals surface area contributed by atoms with Crippen molar-refractivity contribution in [3.63, 3.8) is 0 Å². The molecule has 0 unspecified atom stereocenters. The number of halogens is 1. The van der Waals surface area contributed by atoms with Gasteiger partial charge in [0.2, 0.25) is 0 Å². The topological polar surface area (TPSA) is 61.8 Å². The molecule has 2 rings (SSSR count). The van der Waals surface area contributed by atoms with Gasteiger partial charge in [0.15, 0.2) is 0 Å². The van der Waals surface area contributed by atoms with Crippen LogP contribution in [0.25, 0.3) is 0 Å². The molecule has 6 heteroatoms. The molecule has 0 radical (unpaired) electrons. The maximum absolute atomic E-state index is 12.1. The van der Waals surface area contributed by atoms with Crippen molar-refractivity contribution in [3.05, 3.63) is 28.8 Å². The first-order valence-electron chi connectivity index (χ1n) is 7.62. The van der Waals surface area contributed by atoms with Crippen molar-refractivity contribution in [1.29, 1.82) is 0 Å². The first-order chi connectivity index (χ1) is 10.7. The Labute approximate surface area is 136 Å². The number of hydrogen-bond donors (Lipinski definition) is 2. The van der Waals surface area contributed by atoms with Gasteiger partial charge < -0.3 is 15.2 Å². The number of hydrogen-bond acceptors (Lipinski definition) is 4. The minimum absolute atomic E-state index is 0.151. The first-order valence-corrected chi connectivity index (χ1v) is 8.00. The number of rotatable bonds is 6. The molecule has 1 aromatic rings. The minimum atomic E-state index is -0.151. The quantitative estimate of drug-likeness (QED) is 0.838. The van der Waals surface area contributed by atoms with E-state index in [-0.39, 0.29) is 18.6 Å². The Kier molecular flexibility index (Phi) is 6.49. The van der Waals surface area contributed by atoms with Gasteiger partial charge in [-0.2, -0.15) is 0 Å². The summed E-state index contributed by atoms with van der Waals surface area (Å²) < 4.78 is 5.07. The van der Waals surface area contributed by atoms with E-state index in [1.54, 1.807) is 18.2 Å². The monoisotopic (exact) mass is 326 g/mol. The molecule has 0 bridgehead atoms. The van der Waals surface area contributed by atoms with Gasteiger partial charge in [-0.15, -0.1) is 0 Å². The Hall–Kier alpha value is -1.30. The number of piperidine rings is 1. The lowest BCUT2D eigenvalue weighted by Gasteiger charge is -2.34. The third-order valence-corrected chi connectivity index (χ3v) is 4.35. The van der Waals surface area contributed by atoms with Gasteiger partial charge in [0.1, 0.15) is 5.75 Å². The van der Waals surface area contributed by atoms with E-state index >= 15 is 0 Å². The van der Waals surface area contributed by atoms with E-state index in [0.717, 1.165) is 25.9 Å². The van der Waals surface area contributed by atoms with Gasteiger partial charge in [0, 0.05) is 24.7 Å². The second kappa shape index (κ2) is 8.36. The van der Waals surface area contributed by atoms with E-state index in [0.29, 0.717) is 22.9 Å². The normalized spacial score (nSPS) is 19.0. The van der Waals surface area contributed by atoms with Crippen LogP contribution < -0.4 is 10.1 Å². The minimum Gasteiger partial charge on any atom is -0.495 e. The zero-order valence-electron chi connectivity index (χ0n) is 12.8. The number of nitrogens with one attached hydrogen (secondary N) is 1. The molecule has 1 heterocycles. The second-order valence-corrected chi connectivity index (χ2v) is 5.88. The summed E-state index contributed by atoms with van der Waals surface area (Å²) in [4.78, 5) is 14.4. The molecule has 0 aliphatic carbocycles. The Morgan fingerprint density at radius 1 is 1.50 bits per heavy atom. The average Bonchev–Trinajstić information content (AvgIpc) is 2.55. The van der Waals surface area contributed by atoms with E-state index < -0.39 is 0 Å². The van der Waals surface area contributed by atoms with Crippen molar-refractivity contribution < 1.29 is 14.6 Å². The lowest BCUT2D eigenvalue weighted by molar-refractivity contribution is 0.0849. The van der Waals surface area contributed by atoms with Crippen LogP contribution >= 0.6 is 11.6 Å². The summed E-state index contributed by atoms with van der Waals surface area (Å²) in [6.07, 6.45) is 3.34. The predicted molar refractivity (Wildman–Crippen MR) is 86.6 cm³/mol. The van der Waals surface area contributed by atoms with Crippen LogP contribution in [-0.2, 0) is 0 Å². The highest BCUT2D eigenvalue weighted by Crippen LogP contribution is 2.24. The smallest absolute Gasteiger partial charge is 0.251 e.